The molecule has 0 aromatic carbocycles. The average molecular weight is 467 g/mol. The molecule has 0 aliphatic carbocycles. The second-order valence-corrected chi connectivity index (χ2v) is 9.39. The van der Waals surface area contributed by atoms with Crippen molar-refractivity contribution in [3.05, 3.63) is 5.82 Å². The van der Waals surface area contributed by atoms with Gasteiger partial charge in [0.15, 0.2) is 12.4 Å². The van der Waals surface area contributed by atoms with Crippen molar-refractivity contribution in [3.63, 3.8) is 0 Å². The van der Waals surface area contributed by atoms with Crippen LogP contribution in [0.2, 0.25) is 0 Å². The quantitative estimate of drug-likeness (QED) is 0.174. The number of aromatic nitrogens is 4. The van der Waals surface area contributed by atoms with Gasteiger partial charge in [0.2, 0.25) is 0 Å². The number of aryl methyl sites for hydroxylation is 1. The molecule has 1 rings (SSSR count). The Hall–Kier alpha value is -1.46. The van der Waals surface area contributed by atoms with E-state index in [2.05, 4.69) is 36.2 Å². The molecule has 1 aromatic rings. The van der Waals surface area contributed by atoms with Crippen LogP contribution < -0.4 is 0 Å². The summed E-state index contributed by atoms with van der Waals surface area (Å²) < 4.78 is 0. The fraction of sp³-hybridized carbons (Fsp3) is 0.926. The molecule has 0 atom stereocenters. The Morgan fingerprint density at radius 2 is 1.00 bits per heavy atom. The Labute approximate surface area is 204 Å². The van der Waals surface area contributed by atoms with Crippen LogP contribution >= 0.6 is 0 Å². The van der Waals surface area contributed by atoms with Crippen LogP contribution in [0, 0.1) is 0 Å². The van der Waals surface area contributed by atoms with Crippen LogP contribution in [-0.4, -0.2) is 31.3 Å². The van der Waals surface area contributed by atoms with E-state index in [1.54, 1.807) is 0 Å². The highest BCUT2D eigenvalue weighted by atomic mass is 16.4. The van der Waals surface area contributed by atoms with E-state index < -0.39 is 5.97 Å². The molecule has 0 aliphatic rings. The first-order valence-corrected chi connectivity index (χ1v) is 14.1. The molecular formula is C27H54N4O2. The molecule has 6 nitrogen and oxygen atoms in total. The lowest BCUT2D eigenvalue weighted by molar-refractivity contribution is -0.138. The van der Waals surface area contributed by atoms with E-state index in [1.807, 2.05) is 0 Å². The molecule has 0 amide bonds. The number of nitrogens with zero attached hydrogens (tertiary/aromatic N) is 4. The zero-order valence-corrected chi connectivity index (χ0v) is 22.2. The van der Waals surface area contributed by atoms with Crippen molar-refractivity contribution in [3.8, 4) is 0 Å². The van der Waals surface area contributed by atoms with E-state index in [9.17, 15) is 4.79 Å². The third-order valence-corrected chi connectivity index (χ3v) is 5.98. The highest BCUT2D eigenvalue weighted by Gasteiger charge is 2.05. The Morgan fingerprint density at radius 3 is 1.36 bits per heavy atom. The zero-order valence-electron chi connectivity index (χ0n) is 22.2. The molecule has 1 heterocycles. The van der Waals surface area contributed by atoms with Gasteiger partial charge in [-0.15, -0.1) is 10.2 Å². The lowest BCUT2D eigenvalue weighted by Gasteiger charge is -2.01. The molecule has 0 radical (unpaired) electrons. The van der Waals surface area contributed by atoms with Crippen LogP contribution in [0.4, 0.5) is 0 Å². The Morgan fingerprint density at radius 1 is 0.636 bits per heavy atom. The molecule has 0 unspecified atom stereocenters. The van der Waals surface area contributed by atoms with Crippen molar-refractivity contribution in [1.29, 1.82) is 0 Å². The number of tetrazole rings is 1. The molecule has 1 N–H and O–H groups in total. The van der Waals surface area contributed by atoms with Crippen molar-refractivity contribution < 1.29 is 9.90 Å². The predicted octanol–water partition coefficient (Wildman–Crippen LogP) is 8.15. The molecule has 0 bridgehead atoms. The van der Waals surface area contributed by atoms with E-state index in [0.29, 0.717) is 5.82 Å². The van der Waals surface area contributed by atoms with Gasteiger partial charge in [-0.05, 0) is 11.6 Å². The van der Waals surface area contributed by atoms with E-state index >= 15 is 0 Å². The summed E-state index contributed by atoms with van der Waals surface area (Å²) in [4.78, 5) is 11.6. The summed E-state index contributed by atoms with van der Waals surface area (Å²) in [5, 5.41) is 20.2. The van der Waals surface area contributed by atoms with Gasteiger partial charge in [-0.25, -0.2) is 0 Å². The molecule has 6 heteroatoms. The largest absolute Gasteiger partial charge is 0.480 e. The van der Waals surface area contributed by atoms with Gasteiger partial charge in [0.1, 0.15) is 0 Å². The molecular weight excluding hydrogens is 412 g/mol. The van der Waals surface area contributed by atoms with Crippen molar-refractivity contribution in [2.45, 2.75) is 162 Å². The summed E-state index contributed by atoms with van der Waals surface area (Å²) in [6.07, 6.45) is 28.2. The molecule has 0 saturated carbocycles. The molecule has 33 heavy (non-hydrogen) atoms. The second-order valence-electron chi connectivity index (χ2n) is 9.39. The molecule has 0 fully saturated rings. The number of carboxylic acid groups (broad SMARTS) is 1. The fourth-order valence-corrected chi connectivity index (χ4v) is 3.90. The lowest BCUT2D eigenvalue weighted by Crippen LogP contribution is -2.11. The van der Waals surface area contributed by atoms with Crippen LogP contribution in [0.1, 0.15) is 155 Å². The Kier molecular flexibility index (Phi) is 24.1. The maximum Gasteiger partial charge on any atom is 0.327 e. The van der Waals surface area contributed by atoms with Crippen molar-refractivity contribution in [1.82, 2.24) is 20.2 Å². The van der Waals surface area contributed by atoms with Gasteiger partial charge in [0, 0.05) is 6.42 Å². The normalized spacial score (nSPS) is 10.8. The van der Waals surface area contributed by atoms with Gasteiger partial charge in [0.05, 0.1) is 0 Å². The molecule has 0 saturated heterocycles. The minimum absolute atomic E-state index is 0.217. The van der Waals surface area contributed by atoms with Gasteiger partial charge < -0.3 is 5.11 Å². The number of hydrogen-bond donors (Lipinski definition) is 1. The van der Waals surface area contributed by atoms with Gasteiger partial charge in [-0.2, -0.15) is 4.80 Å². The fourth-order valence-electron chi connectivity index (χ4n) is 3.90. The number of carboxylic acids is 1. The van der Waals surface area contributed by atoms with Crippen LogP contribution in [0.15, 0.2) is 0 Å². The summed E-state index contributed by atoms with van der Waals surface area (Å²) >= 11 is 0. The first kappa shape index (κ1) is 31.5. The molecule has 0 aliphatic heterocycles. The smallest absolute Gasteiger partial charge is 0.327 e. The molecule has 0 spiro atoms. The number of hydrogen-bond acceptors (Lipinski definition) is 4. The summed E-state index contributed by atoms with van der Waals surface area (Å²) in [6.45, 7) is 6.59. The highest BCUT2D eigenvalue weighted by Crippen LogP contribution is 2.11. The van der Waals surface area contributed by atoms with Crippen molar-refractivity contribution in [2.75, 3.05) is 0 Å². The van der Waals surface area contributed by atoms with Crippen LogP contribution in [0.5, 0.6) is 0 Å². The minimum atomic E-state index is -0.946. The van der Waals surface area contributed by atoms with Crippen LogP contribution in [0.25, 0.3) is 0 Å². The second kappa shape index (κ2) is 25.2. The first-order chi connectivity index (χ1) is 16.1. The zero-order chi connectivity index (χ0) is 24.4. The standard InChI is InChI=1S/C15H28N4O2.C12H26/c1-2-3-4-5-6-7-8-9-10-11-12-14-16-18-19(17-14)13-15(20)21;1-3-5-7-9-11-12-10-8-6-4-2/h2-13H2,1H3,(H,20,21);3-12H2,1-2H3. The van der Waals surface area contributed by atoms with E-state index in [-0.39, 0.29) is 6.54 Å². The molecule has 1 aromatic heterocycles. The SMILES string of the molecule is CCCCCCCCCCCC.CCCCCCCCCCCCc1nnn(CC(=O)O)n1. The topological polar surface area (TPSA) is 80.9 Å². The number of carbonyl (C=O) groups is 1. The summed E-state index contributed by atoms with van der Waals surface area (Å²) in [6, 6.07) is 0. The van der Waals surface area contributed by atoms with Crippen LogP contribution in [-0.2, 0) is 17.8 Å². The minimum Gasteiger partial charge on any atom is -0.480 e. The average Bonchev–Trinajstić information content (AvgIpc) is 3.24. The maximum absolute atomic E-state index is 10.5. The maximum atomic E-state index is 10.5. The van der Waals surface area contributed by atoms with Gasteiger partial charge >= 0.3 is 5.97 Å². The van der Waals surface area contributed by atoms with E-state index in [0.717, 1.165) is 17.6 Å². The number of aliphatic carboxylic acids is 1. The van der Waals surface area contributed by atoms with E-state index in [1.165, 1.54) is 122 Å². The lowest BCUT2D eigenvalue weighted by atomic mass is 10.1. The van der Waals surface area contributed by atoms with Gasteiger partial charge in [0.25, 0.3) is 0 Å². The summed E-state index contributed by atoms with van der Waals surface area (Å²) in [5.41, 5.74) is 0. The number of rotatable bonds is 22. The van der Waals surface area contributed by atoms with Crippen molar-refractivity contribution >= 4 is 5.97 Å². The summed E-state index contributed by atoms with van der Waals surface area (Å²) in [5.74, 6) is -0.297. The third kappa shape index (κ3) is 23.5. The third-order valence-electron chi connectivity index (χ3n) is 5.98. The van der Waals surface area contributed by atoms with Gasteiger partial charge in [-0.1, -0.05) is 143 Å². The van der Waals surface area contributed by atoms with Crippen LogP contribution in [0.3, 0.4) is 0 Å². The van der Waals surface area contributed by atoms with Gasteiger partial charge in [-0.3, -0.25) is 4.79 Å². The first-order valence-electron chi connectivity index (χ1n) is 14.1. The number of unbranched alkanes of at least 4 members (excludes halogenated alkanes) is 18. The predicted molar refractivity (Wildman–Crippen MR) is 139 cm³/mol. The van der Waals surface area contributed by atoms with Crippen molar-refractivity contribution in [2.24, 2.45) is 0 Å². The highest BCUT2D eigenvalue weighted by molar-refractivity contribution is 5.66. The monoisotopic (exact) mass is 466 g/mol. The Bertz CT molecular complexity index is 524. The van der Waals surface area contributed by atoms with E-state index in [4.69, 9.17) is 5.11 Å². The molecule has 194 valence electrons. The Balaban J connectivity index is 0.000000728. The summed E-state index contributed by atoms with van der Waals surface area (Å²) in [7, 11) is 0.